The summed E-state index contributed by atoms with van der Waals surface area (Å²) < 4.78 is 40.3. The van der Waals surface area contributed by atoms with Crippen molar-refractivity contribution in [3.05, 3.63) is 29.6 Å². The number of halogens is 3. The van der Waals surface area contributed by atoms with Crippen molar-refractivity contribution in [3.8, 4) is 0 Å². The maximum absolute atomic E-state index is 11.8. The standard InChI is InChI=1S/C10H12F3N3O2/c11-10(12,13)4-5-18-6-7-2-1-3-8(15-7)9(17)16-14/h1-3H,4-6,14H2,(H,16,17). The number of nitrogen functional groups attached to an aromatic ring is 1. The second-order valence-electron chi connectivity index (χ2n) is 3.41. The number of nitrogens with zero attached hydrogens (tertiary/aromatic N) is 1. The van der Waals surface area contributed by atoms with Crippen molar-refractivity contribution in [3.63, 3.8) is 0 Å². The number of hydrogen-bond donors (Lipinski definition) is 2. The first kappa shape index (κ1) is 14.4. The lowest BCUT2D eigenvalue weighted by Crippen LogP contribution is -2.30. The van der Waals surface area contributed by atoms with Crippen molar-refractivity contribution in [2.45, 2.75) is 19.2 Å². The van der Waals surface area contributed by atoms with Crippen LogP contribution in [0.3, 0.4) is 0 Å². The van der Waals surface area contributed by atoms with Gasteiger partial charge in [0, 0.05) is 0 Å². The molecule has 0 spiro atoms. The zero-order valence-electron chi connectivity index (χ0n) is 9.33. The minimum Gasteiger partial charge on any atom is -0.375 e. The fourth-order valence-corrected chi connectivity index (χ4v) is 1.13. The van der Waals surface area contributed by atoms with E-state index in [-0.39, 0.29) is 12.3 Å². The van der Waals surface area contributed by atoms with Crippen LogP contribution in [0, 0.1) is 0 Å². The van der Waals surface area contributed by atoms with Gasteiger partial charge in [-0.15, -0.1) is 0 Å². The largest absolute Gasteiger partial charge is 0.391 e. The number of carbonyl (C=O) groups is 1. The molecule has 0 unspecified atom stereocenters. The van der Waals surface area contributed by atoms with Gasteiger partial charge < -0.3 is 4.74 Å². The molecule has 0 atom stereocenters. The van der Waals surface area contributed by atoms with Gasteiger partial charge in [0.05, 0.1) is 25.3 Å². The SMILES string of the molecule is NNC(=O)c1cccc(COCCC(F)(F)F)n1. The number of carbonyl (C=O) groups excluding carboxylic acids is 1. The number of alkyl halides is 3. The fraction of sp³-hybridized carbons (Fsp3) is 0.400. The summed E-state index contributed by atoms with van der Waals surface area (Å²) >= 11 is 0. The number of aromatic nitrogens is 1. The molecule has 0 saturated heterocycles. The lowest BCUT2D eigenvalue weighted by Gasteiger charge is -2.07. The van der Waals surface area contributed by atoms with E-state index < -0.39 is 25.1 Å². The van der Waals surface area contributed by atoms with Crippen LogP contribution in [-0.2, 0) is 11.3 Å². The quantitative estimate of drug-likeness (QED) is 0.361. The van der Waals surface area contributed by atoms with Crippen LogP contribution in [0.1, 0.15) is 22.6 Å². The lowest BCUT2D eigenvalue weighted by atomic mass is 10.3. The van der Waals surface area contributed by atoms with Gasteiger partial charge in [-0.1, -0.05) is 6.07 Å². The monoisotopic (exact) mass is 263 g/mol. The van der Waals surface area contributed by atoms with E-state index >= 15 is 0 Å². The van der Waals surface area contributed by atoms with Gasteiger partial charge in [-0.3, -0.25) is 10.2 Å². The van der Waals surface area contributed by atoms with Gasteiger partial charge in [0.15, 0.2) is 0 Å². The second kappa shape index (κ2) is 6.31. The molecule has 1 heterocycles. The van der Waals surface area contributed by atoms with Crippen LogP contribution in [0.4, 0.5) is 13.2 Å². The molecule has 0 aliphatic rings. The lowest BCUT2D eigenvalue weighted by molar-refractivity contribution is -0.146. The van der Waals surface area contributed by atoms with Crippen LogP contribution in [-0.4, -0.2) is 23.7 Å². The zero-order valence-corrected chi connectivity index (χ0v) is 9.33. The Hall–Kier alpha value is -1.67. The van der Waals surface area contributed by atoms with E-state index in [1.54, 1.807) is 12.1 Å². The Morgan fingerprint density at radius 2 is 2.17 bits per heavy atom. The van der Waals surface area contributed by atoms with Gasteiger partial charge >= 0.3 is 6.18 Å². The van der Waals surface area contributed by atoms with Crippen LogP contribution in [0.25, 0.3) is 0 Å². The van der Waals surface area contributed by atoms with Crippen molar-refractivity contribution >= 4 is 5.91 Å². The molecule has 0 fully saturated rings. The molecule has 0 saturated carbocycles. The molecule has 0 aliphatic heterocycles. The number of hydrazine groups is 1. The molecule has 3 N–H and O–H groups in total. The second-order valence-corrected chi connectivity index (χ2v) is 3.41. The number of hydrogen-bond acceptors (Lipinski definition) is 4. The molecule has 100 valence electrons. The van der Waals surface area contributed by atoms with E-state index in [1.165, 1.54) is 6.07 Å². The van der Waals surface area contributed by atoms with Crippen molar-refractivity contribution in [2.75, 3.05) is 6.61 Å². The zero-order chi connectivity index (χ0) is 13.6. The minimum atomic E-state index is -4.24. The van der Waals surface area contributed by atoms with Gasteiger partial charge in [0.25, 0.3) is 5.91 Å². The fourth-order valence-electron chi connectivity index (χ4n) is 1.13. The summed E-state index contributed by atoms with van der Waals surface area (Å²) in [4.78, 5) is 15.0. The number of amides is 1. The third kappa shape index (κ3) is 5.11. The number of rotatable bonds is 5. The molecule has 1 aromatic rings. The first-order valence-electron chi connectivity index (χ1n) is 5.04. The van der Waals surface area contributed by atoms with Crippen molar-refractivity contribution in [1.29, 1.82) is 0 Å². The Kier molecular flexibility index (Phi) is 5.05. The molecule has 1 aromatic heterocycles. The smallest absolute Gasteiger partial charge is 0.375 e. The minimum absolute atomic E-state index is 0.0782. The molecule has 0 radical (unpaired) electrons. The van der Waals surface area contributed by atoms with E-state index in [4.69, 9.17) is 10.6 Å². The Morgan fingerprint density at radius 3 is 2.78 bits per heavy atom. The summed E-state index contributed by atoms with van der Waals surface area (Å²) in [6.07, 6.45) is -5.26. The average molecular weight is 263 g/mol. The molecule has 0 aromatic carbocycles. The van der Waals surface area contributed by atoms with E-state index in [0.717, 1.165) is 0 Å². The highest BCUT2D eigenvalue weighted by molar-refractivity contribution is 5.91. The molecule has 5 nitrogen and oxygen atoms in total. The van der Waals surface area contributed by atoms with E-state index in [1.807, 2.05) is 5.43 Å². The summed E-state index contributed by atoms with van der Waals surface area (Å²) in [5, 5.41) is 0. The summed E-state index contributed by atoms with van der Waals surface area (Å²) in [5.74, 6) is 4.35. The molecule has 18 heavy (non-hydrogen) atoms. The molecule has 1 amide bonds. The summed E-state index contributed by atoms with van der Waals surface area (Å²) in [5.41, 5.74) is 2.34. The highest BCUT2D eigenvalue weighted by atomic mass is 19.4. The van der Waals surface area contributed by atoms with Gasteiger partial charge in [-0.2, -0.15) is 13.2 Å². The van der Waals surface area contributed by atoms with Crippen LogP contribution < -0.4 is 11.3 Å². The first-order chi connectivity index (χ1) is 8.42. The van der Waals surface area contributed by atoms with Crippen LogP contribution in [0.5, 0.6) is 0 Å². The average Bonchev–Trinajstić information content (AvgIpc) is 2.33. The molecular weight excluding hydrogens is 251 g/mol. The number of ether oxygens (including phenoxy) is 1. The maximum atomic E-state index is 11.8. The Morgan fingerprint density at radius 1 is 1.44 bits per heavy atom. The summed E-state index contributed by atoms with van der Waals surface area (Å²) in [6.45, 7) is -0.541. The Balaban J connectivity index is 2.45. The van der Waals surface area contributed by atoms with Gasteiger partial charge in [0.2, 0.25) is 0 Å². The van der Waals surface area contributed by atoms with Gasteiger partial charge in [-0.05, 0) is 12.1 Å². The Labute approximate surface area is 101 Å². The molecule has 0 aliphatic carbocycles. The summed E-state index contributed by atoms with van der Waals surface area (Å²) in [7, 11) is 0. The molecule has 8 heteroatoms. The van der Waals surface area contributed by atoms with E-state index in [0.29, 0.717) is 5.69 Å². The topological polar surface area (TPSA) is 77.2 Å². The van der Waals surface area contributed by atoms with Crippen molar-refractivity contribution < 1.29 is 22.7 Å². The normalized spacial score (nSPS) is 11.3. The van der Waals surface area contributed by atoms with Crippen LogP contribution in [0.2, 0.25) is 0 Å². The predicted molar refractivity (Wildman–Crippen MR) is 56.2 cm³/mol. The number of nitrogens with two attached hydrogens (primary N) is 1. The molecular formula is C10H12F3N3O2. The van der Waals surface area contributed by atoms with Crippen molar-refractivity contribution in [2.24, 2.45) is 5.84 Å². The number of pyridine rings is 1. The van der Waals surface area contributed by atoms with Gasteiger partial charge in [0.1, 0.15) is 5.69 Å². The highest BCUT2D eigenvalue weighted by Crippen LogP contribution is 2.19. The highest BCUT2D eigenvalue weighted by Gasteiger charge is 2.26. The van der Waals surface area contributed by atoms with Crippen LogP contribution in [0.15, 0.2) is 18.2 Å². The molecule has 1 rings (SSSR count). The maximum Gasteiger partial charge on any atom is 0.391 e. The molecule has 0 bridgehead atoms. The van der Waals surface area contributed by atoms with Crippen molar-refractivity contribution in [1.82, 2.24) is 10.4 Å². The van der Waals surface area contributed by atoms with Gasteiger partial charge in [-0.25, -0.2) is 10.8 Å². The predicted octanol–water partition coefficient (Wildman–Crippen LogP) is 1.15. The van der Waals surface area contributed by atoms with E-state index in [9.17, 15) is 18.0 Å². The summed E-state index contributed by atoms with van der Waals surface area (Å²) in [6, 6.07) is 4.52. The number of nitrogens with one attached hydrogen (secondary N) is 1. The third-order valence-electron chi connectivity index (χ3n) is 1.95. The first-order valence-corrected chi connectivity index (χ1v) is 5.04. The Bertz CT molecular complexity index is 410. The van der Waals surface area contributed by atoms with E-state index in [2.05, 4.69) is 4.98 Å². The van der Waals surface area contributed by atoms with Crippen LogP contribution >= 0.6 is 0 Å². The third-order valence-corrected chi connectivity index (χ3v) is 1.95.